The van der Waals surface area contributed by atoms with Crippen molar-refractivity contribution in [3.05, 3.63) is 66.5 Å². The number of para-hydroxylation sites is 1. The molecule has 3 aliphatic rings. The number of allylic oxidation sites excluding steroid dienone is 1. The summed E-state index contributed by atoms with van der Waals surface area (Å²) < 4.78 is 0. The lowest BCUT2D eigenvalue weighted by atomic mass is 9.79. The Kier molecular flexibility index (Phi) is 3.23. The summed E-state index contributed by atoms with van der Waals surface area (Å²) in [5, 5.41) is 12.0. The van der Waals surface area contributed by atoms with E-state index in [9.17, 15) is 5.11 Å². The maximum atomic E-state index is 11.0. The molecule has 0 radical (unpaired) electrons. The molecule has 3 nitrogen and oxygen atoms in total. The predicted octanol–water partition coefficient (Wildman–Crippen LogP) is 3.29. The molecule has 5 rings (SSSR count). The highest BCUT2D eigenvalue weighted by molar-refractivity contribution is 5.82. The molecule has 3 atom stereocenters. The van der Waals surface area contributed by atoms with Crippen molar-refractivity contribution in [3.8, 4) is 0 Å². The smallest absolute Gasteiger partial charge is 0.119 e. The standard InChI is InChI=1S/C19H20N2O/c1-2-13-12-21-10-8-14(13)11-18(21)19(22)16-7-9-20-17-6-4-3-5-15(16)17/h2-7,9,11,13-14,19,22H,1,8,10,12H2/t13-,14?,19?/m0/s1. The zero-order valence-corrected chi connectivity index (χ0v) is 12.5. The Balaban J connectivity index is 1.75. The topological polar surface area (TPSA) is 36.4 Å². The number of nitrogens with zero attached hydrogens (tertiary/aromatic N) is 2. The van der Waals surface area contributed by atoms with Gasteiger partial charge in [0.25, 0.3) is 0 Å². The number of aromatic nitrogens is 1. The van der Waals surface area contributed by atoms with Gasteiger partial charge in [0.05, 0.1) is 5.52 Å². The van der Waals surface area contributed by atoms with Crippen LogP contribution < -0.4 is 0 Å². The predicted molar refractivity (Wildman–Crippen MR) is 88.2 cm³/mol. The molecule has 2 bridgehead atoms. The van der Waals surface area contributed by atoms with E-state index in [-0.39, 0.29) is 0 Å². The summed E-state index contributed by atoms with van der Waals surface area (Å²) in [6, 6.07) is 9.93. The zero-order valence-electron chi connectivity index (χ0n) is 12.5. The number of pyridine rings is 1. The summed E-state index contributed by atoms with van der Waals surface area (Å²) in [6.07, 6.45) is 6.66. The van der Waals surface area contributed by atoms with Crippen LogP contribution in [0.1, 0.15) is 18.1 Å². The first-order chi connectivity index (χ1) is 10.8. The maximum absolute atomic E-state index is 11.0. The monoisotopic (exact) mass is 292 g/mol. The number of hydrogen-bond acceptors (Lipinski definition) is 3. The third-order valence-corrected chi connectivity index (χ3v) is 5.02. The summed E-state index contributed by atoms with van der Waals surface area (Å²) >= 11 is 0. The van der Waals surface area contributed by atoms with Gasteiger partial charge in [-0.2, -0.15) is 0 Å². The van der Waals surface area contributed by atoms with Gasteiger partial charge in [-0.15, -0.1) is 6.58 Å². The molecule has 0 spiro atoms. The van der Waals surface area contributed by atoms with E-state index in [0.717, 1.165) is 41.7 Å². The summed E-state index contributed by atoms with van der Waals surface area (Å²) in [5.74, 6) is 1.03. The fraction of sp³-hybridized carbons (Fsp3) is 0.316. The van der Waals surface area contributed by atoms with Gasteiger partial charge in [0.1, 0.15) is 6.10 Å². The fourth-order valence-electron chi connectivity index (χ4n) is 3.80. The summed E-state index contributed by atoms with van der Waals surface area (Å²) in [5.41, 5.74) is 2.92. The Bertz CT molecular complexity index is 747. The highest BCUT2D eigenvalue weighted by atomic mass is 16.3. The van der Waals surface area contributed by atoms with Gasteiger partial charge < -0.3 is 10.0 Å². The van der Waals surface area contributed by atoms with E-state index in [4.69, 9.17) is 0 Å². The third-order valence-electron chi connectivity index (χ3n) is 5.02. The van der Waals surface area contributed by atoms with Crippen molar-refractivity contribution in [1.82, 2.24) is 9.88 Å². The Labute approximate surface area is 130 Å². The van der Waals surface area contributed by atoms with Gasteiger partial charge in [-0.1, -0.05) is 30.4 Å². The van der Waals surface area contributed by atoms with Gasteiger partial charge in [-0.3, -0.25) is 4.98 Å². The van der Waals surface area contributed by atoms with Crippen molar-refractivity contribution in [2.75, 3.05) is 13.1 Å². The van der Waals surface area contributed by atoms with E-state index in [1.54, 1.807) is 6.20 Å². The van der Waals surface area contributed by atoms with Crippen molar-refractivity contribution in [2.45, 2.75) is 12.5 Å². The van der Waals surface area contributed by atoms with Crippen LogP contribution in [0.5, 0.6) is 0 Å². The SMILES string of the molecule is C=C[C@H]1CN2CCC1C=C2C(O)c1ccnc2ccccc12. The van der Waals surface area contributed by atoms with E-state index < -0.39 is 6.10 Å². The number of hydrogen-bond donors (Lipinski definition) is 1. The highest BCUT2D eigenvalue weighted by Gasteiger charge is 2.35. The van der Waals surface area contributed by atoms with Gasteiger partial charge in [-0.25, -0.2) is 0 Å². The van der Waals surface area contributed by atoms with E-state index in [0.29, 0.717) is 11.8 Å². The number of piperidine rings is 1. The van der Waals surface area contributed by atoms with Crippen LogP contribution in [0.2, 0.25) is 0 Å². The first kappa shape index (κ1) is 13.5. The second-order valence-electron chi connectivity index (χ2n) is 6.21. The molecule has 0 saturated carbocycles. The van der Waals surface area contributed by atoms with Crippen LogP contribution in [0, 0.1) is 11.8 Å². The minimum Gasteiger partial charge on any atom is -0.382 e. The fourth-order valence-corrected chi connectivity index (χ4v) is 3.80. The second-order valence-corrected chi connectivity index (χ2v) is 6.21. The van der Waals surface area contributed by atoms with E-state index in [1.807, 2.05) is 30.3 Å². The van der Waals surface area contributed by atoms with Crippen molar-refractivity contribution >= 4 is 10.9 Å². The molecule has 0 aliphatic carbocycles. The van der Waals surface area contributed by atoms with E-state index in [1.165, 1.54) is 0 Å². The number of fused-ring (bicyclic) bond motifs is 3. The summed E-state index contributed by atoms with van der Waals surface area (Å²) in [7, 11) is 0. The van der Waals surface area contributed by atoms with E-state index >= 15 is 0 Å². The molecular weight excluding hydrogens is 272 g/mol. The highest BCUT2D eigenvalue weighted by Crippen LogP contribution is 2.40. The van der Waals surface area contributed by atoms with Crippen molar-refractivity contribution < 1.29 is 5.11 Å². The summed E-state index contributed by atoms with van der Waals surface area (Å²) in [4.78, 5) is 6.70. The molecule has 2 unspecified atom stereocenters. The first-order valence-electron chi connectivity index (χ1n) is 7.89. The Morgan fingerprint density at radius 2 is 2.18 bits per heavy atom. The molecule has 1 aromatic heterocycles. The van der Waals surface area contributed by atoms with Gasteiger partial charge >= 0.3 is 0 Å². The van der Waals surface area contributed by atoms with Crippen LogP contribution in [0.3, 0.4) is 0 Å². The molecule has 3 heteroatoms. The minimum absolute atomic E-state index is 0.513. The number of aliphatic hydroxyl groups excluding tert-OH is 1. The average Bonchev–Trinajstić information content (AvgIpc) is 2.60. The van der Waals surface area contributed by atoms with Crippen LogP contribution in [0.4, 0.5) is 0 Å². The lowest BCUT2D eigenvalue weighted by Gasteiger charge is -2.45. The van der Waals surface area contributed by atoms with Crippen LogP contribution in [0.15, 0.2) is 61.0 Å². The number of benzene rings is 1. The third kappa shape index (κ3) is 2.04. The Morgan fingerprint density at radius 1 is 1.32 bits per heavy atom. The molecule has 2 aromatic rings. The molecule has 0 amide bonds. The van der Waals surface area contributed by atoms with Gasteiger partial charge in [0, 0.05) is 36.3 Å². The molecule has 22 heavy (non-hydrogen) atoms. The molecule has 1 aromatic carbocycles. The van der Waals surface area contributed by atoms with E-state index in [2.05, 4.69) is 28.6 Å². The molecule has 1 fully saturated rings. The Morgan fingerprint density at radius 3 is 2.95 bits per heavy atom. The average molecular weight is 292 g/mol. The first-order valence-corrected chi connectivity index (χ1v) is 7.89. The summed E-state index contributed by atoms with van der Waals surface area (Å²) in [6.45, 7) is 5.95. The minimum atomic E-state index is -0.582. The largest absolute Gasteiger partial charge is 0.382 e. The lowest BCUT2D eigenvalue weighted by molar-refractivity contribution is 0.107. The lowest BCUT2D eigenvalue weighted by Crippen LogP contribution is -2.44. The molecule has 112 valence electrons. The molecule has 3 aliphatic heterocycles. The van der Waals surface area contributed by atoms with Gasteiger partial charge in [0.15, 0.2) is 0 Å². The number of rotatable bonds is 3. The van der Waals surface area contributed by atoms with Gasteiger partial charge in [-0.05, 0) is 30.0 Å². The van der Waals surface area contributed by atoms with Crippen molar-refractivity contribution in [3.63, 3.8) is 0 Å². The normalized spacial score (nSPS) is 25.1. The van der Waals surface area contributed by atoms with Crippen molar-refractivity contribution in [2.24, 2.45) is 11.8 Å². The van der Waals surface area contributed by atoms with Crippen LogP contribution in [-0.2, 0) is 0 Å². The molecule has 4 heterocycles. The zero-order chi connectivity index (χ0) is 15.1. The van der Waals surface area contributed by atoms with Crippen LogP contribution in [-0.4, -0.2) is 28.1 Å². The van der Waals surface area contributed by atoms with Crippen molar-refractivity contribution in [1.29, 1.82) is 0 Å². The van der Waals surface area contributed by atoms with Crippen LogP contribution in [0.25, 0.3) is 10.9 Å². The van der Waals surface area contributed by atoms with Gasteiger partial charge in [0.2, 0.25) is 0 Å². The molecular formula is C19H20N2O. The maximum Gasteiger partial charge on any atom is 0.119 e. The Hall–Kier alpha value is -2.13. The molecule has 1 N–H and O–H groups in total. The number of aliphatic hydroxyl groups is 1. The quantitative estimate of drug-likeness (QED) is 0.882. The second kappa shape index (κ2) is 5.25. The van der Waals surface area contributed by atoms with Crippen LogP contribution >= 0.6 is 0 Å². The molecule has 1 saturated heterocycles.